The summed E-state index contributed by atoms with van der Waals surface area (Å²) in [6.07, 6.45) is 0. The van der Waals surface area contributed by atoms with Crippen LogP contribution >= 0.6 is 0 Å². The fourth-order valence-electron chi connectivity index (χ4n) is 1.89. The summed E-state index contributed by atoms with van der Waals surface area (Å²) >= 11 is 0. The van der Waals surface area contributed by atoms with Crippen molar-refractivity contribution >= 4 is 18.2 Å². The lowest BCUT2D eigenvalue weighted by Crippen LogP contribution is -2.37. The third-order valence-corrected chi connectivity index (χ3v) is 3.18. The highest BCUT2D eigenvalue weighted by Crippen LogP contribution is 2.14. The second-order valence-corrected chi connectivity index (χ2v) is 4.53. The van der Waals surface area contributed by atoms with Crippen molar-refractivity contribution in [3.05, 3.63) is 58.2 Å². The molecule has 1 radical (unpaired) electrons. The number of hydrogen-bond donors (Lipinski definition) is 0. The molecule has 0 aliphatic heterocycles. The summed E-state index contributed by atoms with van der Waals surface area (Å²) in [5.74, 6) is -7.48. The van der Waals surface area contributed by atoms with E-state index in [0.717, 1.165) is 13.8 Å². The van der Waals surface area contributed by atoms with Gasteiger partial charge in [-0.3, -0.25) is 0 Å². The first-order chi connectivity index (χ1) is 9.73. The maximum absolute atomic E-state index is 13.9. The third-order valence-electron chi connectivity index (χ3n) is 3.18. The van der Waals surface area contributed by atoms with E-state index in [2.05, 4.69) is 0 Å². The minimum atomic E-state index is -1.40. The highest BCUT2D eigenvalue weighted by atomic mass is 19.2. The molecule has 0 aromatic heterocycles. The van der Waals surface area contributed by atoms with Gasteiger partial charge in [0.25, 0.3) is 0 Å². The maximum atomic E-state index is 13.9. The Morgan fingerprint density at radius 1 is 0.619 bits per heavy atom. The van der Waals surface area contributed by atoms with Crippen LogP contribution in [0.3, 0.4) is 0 Å². The van der Waals surface area contributed by atoms with Gasteiger partial charge in [-0.1, -0.05) is 0 Å². The van der Waals surface area contributed by atoms with E-state index in [4.69, 9.17) is 0 Å². The lowest BCUT2D eigenvalue weighted by molar-refractivity contribution is 0.492. The molecule has 0 bridgehead atoms. The van der Waals surface area contributed by atoms with E-state index in [0.29, 0.717) is 13.3 Å². The van der Waals surface area contributed by atoms with Crippen molar-refractivity contribution in [1.29, 1.82) is 0 Å². The fourth-order valence-corrected chi connectivity index (χ4v) is 1.89. The molecule has 2 rings (SSSR count). The molecule has 0 unspecified atom stereocenters. The molecule has 0 aliphatic rings. The fraction of sp³-hybridized carbons (Fsp3) is 0.143. The standard InChI is InChI=1S/C14H8BF6/c1-5-7(16)3-9(18)12(14(5)21)15-11-6(2)13(20)10(19)4-8(11)17/h3-4H,1-2H3. The minimum Gasteiger partial charge on any atom is -0.207 e. The smallest absolute Gasteiger partial charge is 0.203 e. The molecule has 0 spiro atoms. The Bertz CT molecular complexity index is 665. The summed E-state index contributed by atoms with van der Waals surface area (Å²) in [7, 11) is 0.685. The molecule has 2 aromatic rings. The zero-order valence-corrected chi connectivity index (χ0v) is 11.0. The Kier molecular flexibility index (Phi) is 4.03. The van der Waals surface area contributed by atoms with E-state index in [-0.39, 0.29) is 6.07 Å². The zero-order valence-electron chi connectivity index (χ0n) is 11.0. The Morgan fingerprint density at radius 2 is 1.14 bits per heavy atom. The molecule has 0 heterocycles. The van der Waals surface area contributed by atoms with Crippen LogP contribution in [0.5, 0.6) is 0 Å². The van der Waals surface area contributed by atoms with Crippen LogP contribution in [0.1, 0.15) is 11.1 Å². The summed E-state index contributed by atoms with van der Waals surface area (Å²) in [4.78, 5) is 0. The highest BCUT2D eigenvalue weighted by molar-refractivity contribution is 6.68. The van der Waals surface area contributed by atoms with Crippen LogP contribution in [0.4, 0.5) is 26.3 Å². The van der Waals surface area contributed by atoms with Gasteiger partial charge in [-0.25, -0.2) is 26.3 Å². The second kappa shape index (κ2) is 5.46. The van der Waals surface area contributed by atoms with E-state index in [1.165, 1.54) is 0 Å². The van der Waals surface area contributed by atoms with Gasteiger partial charge in [-0.2, -0.15) is 0 Å². The van der Waals surface area contributed by atoms with E-state index < -0.39 is 57.0 Å². The lowest BCUT2D eigenvalue weighted by Gasteiger charge is -2.11. The first-order valence-electron chi connectivity index (χ1n) is 5.87. The first-order valence-corrected chi connectivity index (χ1v) is 5.87. The van der Waals surface area contributed by atoms with Gasteiger partial charge in [-0.05, 0) is 30.3 Å². The van der Waals surface area contributed by atoms with E-state index in [1.807, 2.05) is 0 Å². The third kappa shape index (κ3) is 2.64. The molecule has 0 N–H and O–H groups in total. The number of halogens is 6. The predicted molar refractivity (Wildman–Crippen MR) is 67.1 cm³/mol. The molecule has 0 amide bonds. The Balaban J connectivity index is 2.59. The highest BCUT2D eigenvalue weighted by Gasteiger charge is 2.22. The van der Waals surface area contributed by atoms with E-state index >= 15 is 0 Å². The average molecular weight is 301 g/mol. The quantitative estimate of drug-likeness (QED) is 0.454. The molecule has 2 aromatic carbocycles. The van der Waals surface area contributed by atoms with Gasteiger partial charge in [-0.15, -0.1) is 0 Å². The summed E-state index contributed by atoms with van der Waals surface area (Å²) in [5.41, 5.74) is -2.11. The van der Waals surface area contributed by atoms with E-state index in [9.17, 15) is 26.3 Å². The molecule has 0 nitrogen and oxygen atoms in total. The molecule has 0 saturated heterocycles. The van der Waals surface area contributed by atoms with Crippen molar-refractivity contribution in [3.63, 3.8) is 0 Å². The first kappa shape index (κ1) is 15.5. The van der Waals surface area contributed by atoms with Crippen LogP contribution in [-0.4, -0.2) is 7.28 Å². The van der Waals surface area contributed by atoms with Gasteiger partial charge in [0.05, 0.1) is 0 Å². The molecule has 0 atom stereocenters. The molecule has 7 heteroatoms. The molecule has 0 aliphatic carbocycles. The summed E-state index contributed by atoms with van der Waals surface area (Å²) < 4.78 is 80.7. The van der Waals surface area contributed by atoms with Crippen molar-refractivity contribution < 1.29 is 26.3 Å². The molecular weight excluding hydrogens is 293 g/mol. The molecule has 109 valence electrons. The predicted octanol–water partition coefficient (Wildman–Crippen LogP) is 2.79. The van der Waals surface area contributed by atoms with Crippen LogP contribution in [0, 0.1) is 48.8 Å². The van der Waals surface area contributed by atoms with E-state index in [1.54, 1.807) is 0 Å². The molecular formula is C14H8BF6. The van der Waals surface area contributed by atoms with Gasteiger partial charge in [0.15, 0.2) is 11.6 Å². The summed E-state index contributed by atoms with van der Waals surface area (Å²) in [5, 5.41) is 0. The monoisotopic (exact) mass is 301 g/mol. The van der Waals surface area contributed by atoms with Gasteiger partial charge in [0.2, 0.25) is 7.28 Å². The topological polar surface area (TPSA) is 0 Å². The summed E-state index contributed by atoms with van der Waals surface area (Å²) in [6.45, 7) is 2.15. The van der Waals surface area contributed by atoms with Crippen LogP contribution in [0.25, 0.3) is 0 Å². The minimum absolute atomic E-state index is 0.278. The van der Waals surface area contributed by atoms with Crippen molar-refractivity contribution in [1.82, 2.24) is 0 Å². The molecule has 21 heavy (non-hydrogen) atoms. The van der Waals surface area contributed by atoms with Crippen LogP contribution in [0.2, 0.25) is 0 Å². The summed E-state index contributed by atoms with van der Waals surface area (Å²) in [6, 6.07) is 0.720. The lowest BCUT2D eigenvalue weighted by atomic mass is 9.61. The van der Waals surface area contributed by atoms with Gasteiger partial charge >= 0.3 is 0 Å². The van der Waals surface area contributed by atoms with Gasteiger partial charge in [0.1, 0.15) is 23.3 Å². The SMILES string of the molecule is Cc1c(F)cc(F)c([B]c2c(F)cc(F)c(F)c2C)c1F. The Labute approximate surface area is 117 Å². The average Bonchev–Trinajstić information content (AvgIpc) is 2.42. The van der Waals surface area contributed by atoms with Crippen LogP contribution in [0.15, 0.2) is 12.1 Å². The molecule has 0 fully saturated rings. The number of rotatable bonds is 2. The van der Waals surface area contributed by atoms with Crippen LogP contribution in [-0.2, 0) is 0 Å². The number of hydrogen-bond acceptors (Lipinski definition) is 0. The Hall–Kier alpha value is -1.92. The second-order valence-electron chi connectivity index (χ2n) is 4.53. The largest absolute Gasteiger partial charge is 0.207 e. The van der Waals surface area contributed by atoms with Crippen molar-refractivity contribution in [2.24, 2.45) is 0 Å². The Morgan fingerprint density at radius 3 is 1.76 bits per heavy atom. The van der Waals surface area contributed by atoms with Gasteiger partial charge in [0, 0.05) is 17.7 Å². The van der Waals surface area contributed by atoms with Crippen molar-refractivity contribution in [2.75, 3.05) is 0 Å². The zero-order chi connectivity index (χ0) is 15.9. The van der Waals surface area contributed by atoms with Crippen molar-refractivity contribution in [3.8, 4) is 0 Å². The van der Waals surface area contributed by atoms with Crippen LogP contribution < -0.4 is 10.9 Å². The molecule has 0 saturated carbocycles. The number of benzene rings is 2. The van der Waals surface area contributed by atoms with Crippen molar-refractivity contribution in [2.45, 2.75) is 13.8 Å². The van der Waals surface area contributed by atoms with Gasteiger partial charge < -0.3 is 0 Å². The maximum Gasteiger partial charge on any atom is 0.203 e. The normalized spacial score (nSPS) is 10.9.